The molecule has 1 aromatic rings. The van der Waals surface area contributed by atoms with Crippen LogP contribution in [0.3, 0.4) is 0 Å². The number of carbonyl (C=O) groups excluding carboxylic acids is 5. The van der Waals surface area contributed by atoms with Crippen molar-refractivity contribution < 1.29 is 24.0 Å². The van der Waals surface area contributed by atoms with Crippen LogP contribution in [0, 0.1) is 29.6 Å². The van der Waals surface area contributed by atoms with Gasteiger partial charge in [0, 0.05) is 43.6 Å². The van der Waals surface area contributed by atoms with Crippen molar-refractivity contribution in [2.75, 3.05) is 6.54 Å². The molecule has 1 saturated heterocycles. The van der Waals surface area contributed by atoms with E-state index < -0.39 is 29.4 Å². The van der Waals surface area contributed by atoms with Gasteiger partial charge in [0.2, 0.25) is 5.78 Å². The molecule has 1 amide bonds. The van der Waals surface area contributed by atoms with E-state index in [0.717, 1.165) is 5.56 Å². The first-order valence-electron chi connectivity index (χ1n) is 12.8. The Morgan fingerprint density at radius 3 is 2.31 bits per heavy atom. The Kier molecular flexibility index (Phi) is 11.9. The number of amides is 1. The van der Waals surface area contributed by atoms with Gasteiger partial charge in [-0.1, -0.05) is 58.0 Å². The molecule has 1 aliphatic rings. The summed E-state index contributed by atoms with van der Waals surface area (Å²) in [5, 5.41) is 2.57. The minimum absolute atomic E-state index is 0.000649. The molecule has 35 heavy (non-hydrogen) atoms. The second-order valence-corrected chi connectivity index (χ2v) is 11.7. The highest BCUT2D eigenvalue weighted by Gasteiger charge is 2.34. The highest BCUT2D eigenvalue weighted by Crippen LogP contribution is 2.30. The van der Waals surface area contributed by atoms with Crippen molar-refractivity contribution in [3.05, 3.63) is 35.9 Å². The molecule has 0 spiro atoms. The maximum atomic E-state index is 13.3. The molecule has 1 N–H and O–H groups in total. The number of rotatable bonds is 14. The molecule has 1 heterocycles. The summed E-state index contributed by atoms with van der Waals surface area (Å²) in [6.45, 7) is 8.33. The molecular weight excluding hydrogens is 461 g/mol. The van der Waals surface area contributed by atoms with Gasteiger partial charge < -0.3 is 5.32 Å². The fourth-order valence-electron chi connectivity index (χ4n) is 4.64. The lowest BCUT2D eigenvalue weighted by Crippen LogP contribution is -2.34. The summed E-state index contributed by atoms with van der Waals surface area (Å²) in [5.74, 6) is -2.66. The quantitative estimate of drug-likeness (QED) is 0.294. The van der Waals surface area contributed by atoms with Gasteiger partial charge in [0.1, 0.15) is 11.6 Å². The highest BCUT2D eigenvalue weighted by atomic mass is 31.1. The topological polar surface area (TPSA) is 97.4 Å². The fourth-order valence-corrected chi connectivity index (χ4v) is 5.64. The predicted octanol–water partition coefficient (Wildman–Crippen LogP) is 4.73. The second kappa shape index (κ2) is 14.4. The summed E-state index contributed by atoms with van der Waals surface area (Å²) >= 11 is 0. The lowest BCUT2D eigenvalue weighted by Gasteiger charge is -2.24. The largest absolute Gasteiger partial charge is 0.349 e. The standard InChI is InChI=1S/C28H40NO5P/c1-18(2)13-22(24(30)14-21-11-8-12-29-28(34)27(21)33)15-25(31)23(19(3)4)16-26(32)35-17-20-9-6-5-7-10-20/h5-7,9-10,18-19,21-23,35H,8,11-17H2,1-4H3,(H,29,34). The van der Waals surface area contributed by atoms with Crippen LogP contribution in [0.15, 0.2) is 30.3 Å². The van der Waals surface area contributed by atoms with Crippen LogP contribution in [-0.4, -0.2) is 35.3 Å². The molecule has 4 atom stereocenters. The number of Topliss-reactive ketones (excluding diaryl/α,β-unsaturated/α-hetero) is 3. The molecule has 0 aliphatic carbocycles. The Labute approximate surface area is 211 Å². The summed E-state index contributed by atoms with van der Waals surface area (Å²) in [6.07, 6.45) is 2.66. The van der Waals surface area contributed by atoms with Crippen molar-refractivity contribution >= 4 is 37.4 Å². The minimum atomic E-state index is -0.619. The van der Waals surface area contributed by atoms with Gasteiger partial charge in [-0.3, -0.25) is 24.0 Å². The van der Waals surface area contributed by atoms with E-state index in [1.807, 2.05) is 58.0 Å². The average Bonchev–Trinajstić information content (AvgIpc) is 2.96. The van der Waals surface area contributed by atoms with E-state index >= 15 is 0 Å². The molecule has 7 heteroatoms. The first kappa shape index (κ1) is 29.0. The maximum Gasteiger partial charge on any atom is 0.287 e. The molecule has 1 aliphatic heterocycles. The first-order valence-corrected chi connectivity index (χ1v) is 14.0. The minimum Gasteiger partial charge on any atom is -0.349 e. The lowest BCUT2D eigenvalue weighted by atomic mass is 9.79. The third-order valence-corrected chi connectivity index (χ3v) is 7.86. The molecule has 0 radical (unpaired) electrons. The summed E-state index contributed by atoms with van der Waals surface area (Å²) < 4.78 is 0. The van der Waals surface area contributed by atoms with E-state index in [-0.39, 0.29) is 56.8 Å². The molecule has 192 valence electrons. The third-order valence-electron chi connectivity index (χ3n) is 6.67. The monoisotopic (exact) mass is 501 g/mol. The van der Waals surface area contributed by atoms with E-state index in [4.69, 9.17) is 0 Å². The summed E-state index contributed by atoms with van der Waals surface area (Å²) in [6, 6.07) is 9.83. The van der Waals surface area contributed by atoms with E-state index in [2.05, 4.69) is 5.32 Å². The molecular formula is C28H40NO5P. The fraction of sp³-hybridized carbons (Fsp3) is 0.607. The summed E-state index contributed by atoms with van der Waals surface area (Å²) in [7, 11) is 0.113. The van der Waals surface area contributed by atoms with Crippen LogP contribution in [0.5, 0.6) is 0 Å². The zero-order chi connectivity index (χ0) is 26.0. The smallest absolute Gasteiger partial charge is 0.287 e. The molecule has 0 bridgehead atoms. The van der Waals surface area contributed by atoms with Gasteiger partial charge in [0.05, 0.1) is 0 Å². The van der Waals surface area contributed by atoms with Crippen LogP contribution >= 0.6 is 8.58 Å². The normalized spacial score (nSPS) is 18.5. The Bertz CT molecular complexity index is 896. The van der Waals surface area contributed by atoms with Crippen molar-refractivity contribution in [3.8, 4) is 0 Å². The number of nitrogens with one attached hydrogen (secondary N) is 1. The van der Waals surface area contributed by atoms with Crippen molar-refractivity contribution in [2.24, 2.45) is 29.6 Å². The molecule has 2 rings (SSSR count). The molecule has 0 saturated carbocycles. The van der Waals surface area contributed by atoms with Gasteiger partial charge in [-0.15, -0.1) is 0 Å². The van der Waals surface area contributed by atoms with E-state index in [1.54, 1.807) is 0 Å². The SMILES string of the molecule is CC(C)CC(CC(=O)C(CC(=O)PCc1ccccc1)C(C)C)C(=O)CC1CCCNC(=O)C1=O. The number of hydrogen-bond donors (Lipinski definition) is 1. The van der Waals surface area contributed by atoms with Gasteiger partial charge in [-0.25, -0.2) is 0 Å². The molecule has 6 nitrogen and oxygen atoms in total. The van der Waals surface area contributed by atoms with Crippen LogP contribution in [-0.2, 0) is 30.1 Å². The number of benzene rings is 1. The van der Waals surface area contributed by atoms with Crippen molar-refractivity contribution in [2.45, 2.75) is 72.4 Å². The van der Waals surface area contributed by atoms with Crippen molar-refractivity contribution in [3.63, 3.8) is 0 Å². The maximum absolute atomic E-state index is 13.3. The Morgan fingerprint density at radius 1 is 1.00 bits per heavy atom. The average molecular weight is 502 g/mol. The van der Waals surface area contributed by atoms with Crippen LogP contribution in [0.25, 0.3) is 0 Å². The number of ketones is 3. The summed E-state index contributed by atoms with van der Waals surface area (Å²) in [5.41, 5.74) is 1.19. The molecule has 1 aromatic carbocycles. The van der Waals surface area contributed by atoms with E-state index in [9.17, 15) is 24.0 Å². The van der Waals surface area contributed by atoms with Crippen molar-refractivity contribution in [1.29, 1.82) is 0 Å². The Morgan fingerprint density at radius 2 is 1.69 bits per heavy atom. The predicted molar refractivity (Wildman–Crippen MR) is 139 cm³/mol. The van der Waals surface area contributed by atoms with E-state index in [1.165, 1.54) is 0 Å². The van der Waals surface area contributed by atoms with Gasteiger partial charge in [0.15, 0.2) is 5.52 Å². The van der Waals surface area contributed by atoms with Gasteiger partial charge in [0.25, 0.3) is 5.91 Å². The van der Waals surface area contributed by atoms with Gasteiger partial charge in [-0.05, 0) is 51.4 Å². The van der Waals surface area contributed by atoms with Gasteiger partial charge in [-0.2, -0.15) is 0 Å². The van der Waals surface area contributed by atoms with Crippen LogP contribution in [0.2, 0.25) is 0 Å². The van der Waals surface area contributed by atoms with Crippen LogP contribution in [0.1, 0.15) is 71.8 Å². The number of carbonyl (C=O) groups is 5. The number of hydrogen-bond acceptors (Lipinski definition) is 5. The van der Waals surface area contributed by atoms with E-state index in [0.29, 0.717) is 32.0 Å². The van der Waals surface area contributed by atoms with Gasteiger partial charge >= 0.3 is 0 Å². The van der Waals surface area contributed by atoms with Crippen LogP contribution < -0.4 is 5.32 Å². The zero-order valence-electron chi connectivity index (χ0n) is 21.5. The summed E-state index contributed by atoms with van der Waals surface area (Å²) in [4.78, 5) is 63.5. The Balaban J connectivity index is 2.02. The van der Waals surface area contributed by atoms with Crippen LogP contribution in [0.4, 0.5) is 0 Å². The second-order valence-electron chi connectivity index (χ2n) is 10.4. The zero-order valence-corrected chi connectivity index (χ0v) is 22.5. The highest BCUT2D eigenvalue weighted by molar-refractivity contribution is 7.57. The molecule has 4 unspecified atom stereocenters. The Hall–Kier alpha value is -2.20. The molecule has 1 fully saturated rings. The lowest BCUT2D eigenvalue weighted by molar-refractivity contribution is -0.141. The molecule has 0 aromatic heterocycles. The third kappa shape index (κ3) is 9.76. The van der Waals surface area contributed by atoms with Crippen molar-refractivity contribution in [1.82, 2.24) is 5.32 Å². The first-order chi connectivity index (χ1) is 16.6.